The lowest BCUT2D eigenvalue weighted by Gasteiger charge is -2.21. The SMILES string of the molecule is COc1ccc(SCCC(=O)N2CC(CN)CC2C)cc1.Cl. The van der Waals surface area contributed by atoms with Crippen molar-refractivity contribution in [1.29, 1.82) is 0 Å². The summed E-state index contributed by atoms with van der Waals surface area (Å²) in [6.45, 7) is 3.61. The highest BCUT2D eigenvalue weighted by molar-refractivity contribution is 7.99. The van der Waals surface area contributed by atoms with Crippen molar-refractivity contribution >= 4 is 30.1 Å². The highest BCUT2D eigenvalue weighted by Crippen LogP contribution is 2.25. The third-order valence-electron chi connectivity index (χ3n) is 3.96. The van der Waals surface area contributed by atoms with Crippen molar-refractivity contribution in [2.24, 2.45) is 11.7 Å². The van der Waals surface area contributed by atoms with Crippen LogP contribution in [0, 0.1) is 5.92 Å². The number of benzene rings is 1. The Bertz CT molecular complexity index is 470. The van der Waals surface area contributed by atoms with Gasteiger partial charge in [-0.15, -0.1) is 24.2 Å². The standard InChI is InChI=1S/C16H24N2O2S.ClH/c1-12-9-13(10-17)11-18(12)16(19)7-8-21-15-5-3-14(20-2)4-6-15;/h3-6,12-13H,7-11,17H2,1-2H3;1H. The molecular formula is C16H25ClN2O2S. The zero-order chi connectivity index (χ0) is 15.2. The first kappa shape index (κ1) is 19.1. The molecule has 0 bridgehead atoms. The van der Waals surface area contributed by atoms with E-state index in [1.54, 1.807) is 18.9 Å². The van der Waals surface area contributed by atoms with Gasteiger partial charge in [-0.05, 0) is 50.1 Å². The van der Waals surface area contributed by atoms with E-state index in [1.165, 1.54) is 0 Å². The van der Waals surface area contributed by atoms with Gasteiger partial charge in [-0.3, -0.25) is 4.79 Å². The maximum Gasteiger partial charge on any atom is 0.223 e. The van der Waals surface area contributed by atoms with E-state index in [2.05, 4.69) is 6.92 Å². The summed E-state index contributed by atoms with van der Waals surface area (Å²) >= 11 is 1.71. The van der Waals surface area contributed by atoms with Crippen molar-refractivity contribution in [3.05, 3.63) is 24.3 Å². The van der Waals surface area contributed by atoms with Crippen molar-refractivity contribution in [2.45, 2.75) is 30.7 Å². The van der Waals surface area contributed by atoms with Gasteiger partial charge in [0.2, 0.25) is 5.91 Å². The van der Waals surface area contributed by atoms with Gasteiger partial charge < -0.3 is 15.4 Å². The molecule has 0 aliphatic carbocycles. The number of nitrogens with zero attached hydrogens (tertiary/aromatic N) is 1. The average molecular weight is 345 g/mol. The molecule has 1 aromatic carbocycles. The van der Waals surface area contributed by atoms with Crippen LogP contribution in [0.3, 0.4) is 0 Å². The Morgan fingerprint density at radius 3 is 2.64 bits per heavy atom. The fourth-order valence-corrected chi connectivity index (χ4v) is 3.57. The van der Waals surface area contributed by atoms with E-state index in [4.69, 9.17) is 10.5 Å². The zero-order valence-corrected chi connectivity index (χ0v) is 14.8. The average Bonchev–Trinajstić information content (AvgIpc) is 2.89. The van der Waals surface area contributed by atoms with Crippen LogP contribution in [0.25, 0.3) is 0 Å². The second-order valence-corrected chi connectivity index (χ2v) is 6.67. The Balaban J connectivity index is 0.00000242. The molecule has 124 valence electrons. The number of thioether (sulfide) groups is 1. The molecule has 0 aromatic heterocycles. The Kier molecular flexibility index (Phi) is 8.07. The van der Waals surface area contributed by atoms with Gasteiger partial charge in [0, 0.05) is 29.7 Å². The Labute approximate surface area is 143 Å². The normalized spacial score (nSPS) is 20.6. The monoisotopic (exact) mass is 344 g/mol. The number of hydrogen-bond acceptors (Lipinski definition) is 4. The molecule has 0 radical (unpaired) electrons. The first-order valence-corrected chi connectivity index (χ1v) is 8.39. The van der Waals surface area contributed by atoms with Crippen molar-refractivity contribution < 1.29 is 9.53 Å². The summed E-state index contributed by atoms with van der Waals surface area (Å²) < 4.78 is 5.13. The Morgan fingerprint density at radius 1 is 1.41 bits per heavy atom. The number of halogens is 1. The summed E-state index contributed by atoms with van der Waals surface area (Å²) in [4.78, 5) is 15.4. The van der Waals surface area contributed by atoms with Gasteiger partial charge in [0.15, 0.2) is 0 Å². The number of methoxy groups -OCH3 is 1. The molecule has 2 rings (SSSR count). The summed E-state index contributed by atoms with van der Waals surface area (Å²) in [7, 11) is 1.66. The van der Waals surface area contributed by atoms with Crippen LogP contribution in [0.1, 0.15) is 19.8 Å². The predicted molar refractivity (Wildman–Crippen MR) is 93.9 cm³/mol. The van der Waals surface area contributed by atoms with Gasteiger partial charge >= 0.3 is 0 Å². The van der Waals surface area contributed by atoms with Crippen LogP contribution in [-0.4, -0.2) is 42.8 Å². The van der Waals surface area contributed by atoms with E-state index in [1.807, 2.05) is 29.2 Å². The molecule has 1 aromatic rings. The molecular weight excluding hydrogens is 320 g/mol. The molecule has 22 heavy (non-hydrogen) atoms. The summed E-state index contributed by atoms with van der Waals surface area (Å²) in [5.41, 5.74) is 5.71. The molecule has 1 saturated heterocycles. The van der Waals surface area contributed by atoms with Crippen molar-refractivity contribution in [1.82, 2.24) is 4.90 Å². The van der Waals surface area contributed by atoms with E-state index in [9.17, 15) is 4.79 Å². The second-order valence-electron chi connectivity index (χ2n) is 5.51. The Morgan fingerprint density at radius 2 is 2.09 bits per heavy atom. The van der Waals surface area contributed by atoms with Crippen LogP contribution < -0.4 is 10.5 Å². The van der Waals surface area contributed by atoms with Crippen LogP contribution in [0.15, 0.2) is 29.2 Å². The maximum atomic E-state index is 12.3. The van der Waals surface area contributed by atoms with Gasteiger partial charge in [-0.25, -0.2) is 0 Å². The molecule has 4 nitrogen and oxygen atoms in total. The van der Waals surface area contributed by atoms with E-state index in [-0.39, 0.29) is 18.3 Å². The topological polar surface area (TPSA) is 55.6 Å². The Hall–Kier alpha value is -0.910. The van der Waals surface area contributed by atoms with Crippen LogP contribution in [0.4, 0.5) is 0 Å². The highest BCUT2D eigenvalue weighted by Gasteiger charge is 2.30. The fraction of sp³-hybridized carbons (Fsp3) is 0.562. The summed E-state index contributed by atoms with van der Waals surface area (Å²) in [5.74, 6) is 2.38. The largest absolute Gasteiger partial charge is 0.497 e. The minimum Gasteiger partial charge on any atom is -0.497 e. The number of carbonyl (C=O) groups is 1. The number of hydrogen-bond donors (Lipinski definition) is 1. The molecule has 2 N–H and O–H groups in total. The minimum absolute atomic E-state index is 0. The quantitative estimate of drug-likeness (QED) is 0.806. The summed E-state index contributed by atoms with van der Waals surface area (Å²) in [5, 5.41) is 0. The van der Waals surface area contributed by atoms with E-state index in [0.29, 0.717) is 24.9 Å². The number of likely N-dealkylation sites (tertiary alicyclic amines) is 1. The lowest BCUT2D eigenvalue weighted by Crippen LogP contribution is -2.34. The fourth-order valence-electron chi connectivity index (χ4n) is 2.73. The first-order chi connectivity index (χ1) is 10.1. The lowest BCUT2D eigenvalue weighted by molar-refractivity contribution is -0.131. The molecule has 1 aliphatic rings. The van der Waals surface area contributed by atoms with Crippen molar-refractivity contribution in [3.8, 4) is 5.75 Å². The third-order valence-corrected chi connectivity index (χ3v) is 4.97. The zero-order valence-electron chi connectivity index (χ0n) is 13.2. The minimum atomic E-state index is 0. The molecule has 1 aliphatic heterocycles. The number of ether oxygens (including phenoxy) is 1. The summed E-state index contributed by atoms with van der Waals surface area (Å²) in [6.07, 6.45) is 1.62. The number of rotatable bonds is 6. The van der Waals surface area contributed by atoms with Crippen LogP contribution in [-0.2, 0) is 4.79 Å². The van der Waals surface area contributed by atoms with Gasteiger partial charge in [-0.2, -0.15) is 0 Å². The maximum absolute atomic E-state index is 12.3. The van der Waals surface area contributed by atoms with Gasteiger partial charge in [0.25, 0.3) is 0 Å². The molecule has 2 atom stereocenters. The third kappa shape index (κ3) is 5.07. The highest BCUT2D eigenvalue weighted by atomic mass is 35.5. The number of carbonyl (C=O) groups excluding carboxylic acids is 1. The van der Waals surface area contributed by atoms with Gasteiger partial charge in [0.05, 0.1) is 7.11 Å². The molecule has 1 fully saturated rings. The van der Waals surface area contributed by atoms with E-state index in [0.717, 1.165) is 29.4 Å². The van der Waals surface area contributed by atoms with Crippen LogP contribution >= 0.6 is 24.2 Å². The summed E-state index contributed by atoms with van der Waals surface area (Å²) in [6, 6.07) is 8.27. The molecule has 0 saturated carbocycles. The second kappa shape index (κ2) is 9.28. The molecule has 0 spiro atoms. The van der Waals surface area contributed by atoms with Crippen molar-refractivity contribution in [2.75, 3.05) is 26.0 Å². The van der Waals surface area contributed by atoms with E-state index >= 15 is 0 Å². The molecule has 6 heteroatoms. The van der Waals surface area contributed by atoms with Crippen LogP contribution in [0.5, 0.6) is 5.75 Å². The van der Waals surface area contributed by atoms with Crippen molar-refractivity contribution in [3.63, 3.8) is 0 Å². The van der Waals surface area contributed by atoms with Gasteiger partial charge in [0.1, 0.15) is 5.75 Å². The molecule has 1 amide bonds. The number of amides is 1. The van der Waals surface area contributed by atoms with E-state index < -0.39 is 0 Å². The lowest BCUT2D eigenvalue weighted by atomic mass is 10.1. The molecule has 2 unspecified atom stereocenters. The molecule has 1 heterocycles. The predicted octanol–water partition coefficient (Wildman–Crippen LogP) is 2.79. The first-order valence-electron chi connectivity index (χ1n) is 7.40. The van der Waals surface area contributed by atoms with Crippen LogP contribution in [0.2, 0.25) is 0 Å². The van der Waals surface area contributed by atoms with Gasteiger partial charge in [-0.1, -0.05) is 0 Å². The number of nitrogens with two attached hydrogens (primary N) is 1. The smallest absolute Gasteiger partial charge is 0.223 e.